The number of rotatable bonds is 3. The Morgan fingerprint density at radius 2 is 1.85 bits per heavy atom. The molecule has 0 heterocycles. The van der Waals surface area contributed by atoms with Crippen molar-refractivity contribution in [2.75, 3.05) is 17.7 Å². The van der Waals surface area contributed by atoms with Gasteiger partial charge in [0.25, 0.3) is 5.91 Å². The summed E-state index contributed by atoms with van der Waals surface area (Å²) in [5.74, 6) is -0.112. The molecule has 0 bridgehead atoms. The van der Waals surface area contributed by atoms with Crippen LogP contribution in [0, 0.1) is 13.8 Å². The summed E-state index contributed by atoms with van der Waals surface area (Å²) >= 11 is 3.47. The number of aryl methyl sites for hydroxylation is 1. The van der Waals surface area contributed by atoms with Gasteiger partial charge in [-0.25, -0.2) is 0 Å². The molecule has 0 aliphatic carbocycles. The molecule has 2 rings (SSSR count). The van der Waals surface area contributed by atoms with Gasteiger partial charge < -0.3 is 10.6 Å². The van der Waals surface area contributed by atoms with Gasteiger partial charge >= 0.3 is 0 Å². The number of hydrogen-bond acceptors (Lipinski definition) is 2. The third-order valence-electron chi connectivity index (χ3n) is 3.20. The van der Waals surface area contributed by atoms with Gasteiger partial charge in [-0.2, -0.15) is 0 Å². The Balaban J connectivity index is 2.33. The standard InChI is InChI=1S/C16H17BrN2O/c1-10-7-8-15(18-3)12(9-10)16(20)19-14-6-4-5-13(17)11(14)2/h4-9,18H,1-3H3,(H,19,20). The number of benzene rings is 2. The number of anilines is 2. The quantitative estimate of drug-likeness (QED) is 0.876. The highest BCUT2D eigenvalue weighted by molar-refractivity contribution is 9.10. The second-order valence-electron chi connectivity index (χ2n) is 4.67. The second kappa shape index (κ2) is 6.09. The monoisotopic (exact) mass is 332 g/mol. The van der Waals surface area contributed by atoms with Crippen LogP contribution in [0.25, 0.3) is 0 Å². The van der Waals surface area contributed by atoms with Crippen LogP contribution in [0.1, 0.15) is 21.5 Å². The molecular weight excluding hydrogens is 316 g/mol. The largest absolute Gasteiger partial charge is 0.387 e. The molecule has 104 valence electrons. The number of halogens is 1. The first-order valence-corrected chi connectivity index (χ1v) is 7.17. The molecule has 4 heteroatoms. The first-order chi connectivity index (χ1) is 9.52. The van der Waals surface area contributed by atoms with Crippen LogP contribution >= 0.6 is 15.9 Å². The molecule has 3 nitrogen and oxygen atoms in total. The number of carbonyl (C=O) groups is 1. The molecule has 20 heavy (non-hydrogen) atoms. The van der Waals surface area contributed by atoms with E-state index in [-0.39, 0.29) is 5.91 Å². The van der Waals surface area contributed by atoms with Crippen LogP contribution in [0.4, 0.5) is 11.4 Å². The van der Waals surface area contributed by atoms with Gasteiger partial charge in [-0.1, -0.05) is 33.6 Å². The third-order valence-corrected chi connectivity index (χ3v) is 4.06. The molecule has 0 atom stereocenters. The normalized spacial score (nSPS) is 10.2. The second-order valence-corrected chi connectivity index (χ2v) is 5.52. The lowest BCUT2D eigenvalue weighted by Gasteiger charge is -2.13. The minimum atomic E-state index is -0.112. The molecule has 0 radical (unpaired) electrons. The summed E-state index contributed by atoms with van der Waals surface area (Å²) in [6, 6.07) is 11.5. The zero-order chi connectivity index (χ0) is 14.7. The van der Waals surface area contributed by atoms with Crippen LogP contribution in [-0.4, -0.2) is 13.0 Å². The van der Waals surface area contributed by atoms with E-state index in [0.29, 0.717) is 5.56 Å². The molecular formula is C16H17BrN2O. The van der Waals surface area contributed by atoms with Gasteiger partial charge in [0.1, 0.15) is 0 Å². The van der Waals surface area contributed by atoms with Gasteiger partial charge in [0, 0.05) is 22.9 Å². The van der Waals surface area contributed by atoms with Gasteiger partial charge in [0.15, 0.2) is 0 Å². The van der Waals surface area contributed by atoms with Crippen molar-refractivity contribution >= 4 is 33.2 Å². The maximum atomic E-state index is 12.4. The van der Waals surface area contributed by atoms with Crippen molar-refractivity contribution in [2.24, 2.45) is 0 Å². The molecule has 0 fully saturated rings. The molecule has 2 aromatic rings. The highest BCUT2D eigenvalue weighted by atomic mass is 79.9. The van der Waals surface area contributed by atoms with E-state index in [9.17, 15) is 4.79 Å². The summed E-state index contributed by atoms with van der Waals surface area (Å²) in [7, 11) is 1.81. The minimum Gasteiger partial charge on any atom is -0.387 e. The highest BCUT2D eigenvalue weighted by Crippen LogP contribution is 2.25. The van der Waals surface area contributed by atoms with Gasteiger partial charge in [0.2, 0.25) is 0 Å². The summed E-state index contributed by atoms with van der Waals surface area (Å²) in [6.07, 6.45) is 0. The fourth-order valence-corrected chi connectivity index (χ4v) is 2.36. The van der Waals surface area contributed by atoms with Gasteiger partial charge in [0.05, 0.1) is 5.56 Å². The third kappa shape index (κ3) is 3.02. The summed E-state index contributed by atoms with van der Waals surface area (Å²) in [5.41, 5.74) is 4.35. The Bertz CT molecular complexity index is 653. The van der Waals surface area contributed by atoms with Crippen LogP contribution < -0.4 is 10.6 Å². The number of nitrogens with one attached hydrogen (secondary N) is 2. The number of amides is 1. The first-order valence-electron chi connectivity index (χ1n) is 6.38. The lowest BCUT2D eigenvalue weighted by molar-refractivity contribution is 0.102. The fourth-order valence-electron chi connectivity index (χ4n) is 2.00. The van der Waals surface area contributed by atoms with Crippen LogP contribution in [0.3, 0.4) is 0 Å². The Kier molecular flexibility index (Phi) is 4.45. The van der Waals surface area contributed by atoms with Crippen LogP contribution in [0.15, 0.2) is 40.9 Å². The van der Waals surface area contributed by atoms with E-state index < -0.39 is 0 Å². The van der Waals surface area contributed by atoms with Crippen molar-refractivity contribution in [3.8, 4) is 0 Å². The molecule has 0 aliphatic rings. The average molecular weight is 333 g/mol. The molecule has 1 amide bonds. The topological polar surface area (TPSA) is 41.1 Å². The van der Waals surface area contributed by atoms with Crippen molar-refractivity contribution < 1.29 is 4.79 Å². The van der Waals surface area contributed by atoms with E-state index in [1.165, 1.54) is 0 Å². The van der Waals surface area contributed by atoms with Gasteiger partial charge in [-0.05, 0) is 43.7 Å². The Morgan fingerprint density at radius 3 is 2.55 bits per heavy atom. The van der Waals surface area contributed by atoms with E-state index in [0.717, 1.165) is 27.0 Å². The van der Waals surface area contributed by atoms with E-state index in [1.54, 1.807) is 0 Å². The van der Waals surface area contributed by atoms with Crippen molar-refractivity contribution in [1.29, 1.82) is 0 Å². The minimum absolute atomic E-state index is 0.112. The van der Waals surface area contributed by atoms with Crippen molar-refractivity contribution in [1.82, 2.24) is 0 Å². The summed E-state index contributed by atoms with van der Waals surface area (Å²) in [4.78, 5) is 12.4. The molecule has 0 saturated heterocycles. The molecule has 0 aromatic heterocycles. The fraction of sp³-hybridized carbons (Fsp3) is 0.188. The van der Waals surface area contributed by atoms with Crippen LogP contribution in [0.2, 0.25) is 0 Å². The van der Waals surface area contributed by atoms with E-state index in [4.69, 9.17) is 0 Å². The first kappa shape index (κ1) is 14.6. The van der Waals surface area contributed by atoms with E-state index in [2.05, 4.69) is 26.6 Å². The van der Waals surface area contributed by atoms with Crippen LogP contribution in [-0.2, 0) is 0 Å². The molecule has 0 saturated carbocycles. The maximum absolute atomic E-state index is 12.4. The van der Waals surface area contributed by atoms with Crippen molar-refractivity contribution in [2.45, 2.75) is 13.8 Å². The van der Waals surface area contributed by atoms with E-state index >= 15 is 0 Å². The number of hydrogen-bond donors (Lipinski definition) is 2. The zero-order valence-electron chi connectivity index (χ0n) is 11.8. The summed E-state index contributed by atoms with van der Waals surface area (Å²) in [6.45, 7) is 3.94. The Labute approximate surface area is 127 Å². The SMILES string of the molecule is CNc1ccc(C)cc1C(=O)Nc1cccc(Br)c1C. The Morgan fingerprint density at radius 1 is 1.10 bits per heavy atom. The number of carbonyl (C=O) groups excluding carboxylic acids is 1. The smallest absolute Gasteiger partial charge is 0.257 e. The predicted octanol–water partition coefficient (Wildman–Crippen LogP) is 4.36. The average Bonchev–Trinajstić information content (AvgIpc) is 2.43. The molecule has 2 N–H and O–H groups in total. The molecule has 0 unspecified atom stereocenters. The lowest BCUT2D eigenvalue weighted by Crippen LogP contribution is -2.15. The lowest BCUT2D eigenvalue weighted by atomic mass is 10.1. The van der Waals surface area contributed by atoms with Crippen molar-refractivity contribution in [3.63, 3.8) is 0 Å². The van der Waals surface area contributed by atoms with Gasteiger partial charge in [-0.15, -0.1) is 0 Å². The summed E-state index contributed by atoms with van der Waals surface area (Å²) in [5, 5.41) is 6.01. The van der Waals surface area contributed by atoms with Gasteiger partial charge in [-0.3, -0.25) is 4.79 Å². The molecule has 2 aromatic carbocycles. The maximum Gasteiger partial charge on any atom is 0.257 e. The summed E-state index contributed by atoms with van der Waals surface area (Å²) < 4.78 is 0.980. The van der Waals surface area contributed by atoms with Crippen molar-refractivity contribution in [3.05, 3.63) is 57.6 Å². The highest BCUT2D eigenvalue weighted by Gasteiger charge is 2.12. The molecule has 0 aliphatic heterocycles. The molecule has 0 spiro atoms. The van der Waals surface area contributed by atoms with E-state index in [1.807, 2.05) is 57.3 Å². The Hall–Kier alpha value is -1.81. The zero-order valence-corrected chi connectivity index (χ0v) is 13.3. The van der Waals surface area contributed by atoms with Crippen LogP contribution in [0.5, 0.6) is 0 Å². The predicted molar refractivity (Wildman–Crippen MR) is 87.6 cm³/mol.